The van der Waals surface area contributed by atoms with E-state index in [1.54, 1.807) is 7.11 Å². The van der Waals surface area contributed by atoms with Gasteiger partial charge in [-0.05, 0) is 42.5 Å². The Labute approximate surface area is 134 Å². The van der Waals surface area contributed by atoms with E-state index in [4.69, 9.17) is 4.74 Å². The van der Waals surface area contributed by atoms with Crippen LogP contribution < -0.4 is 4.74 Å². The maximum Gasteiger partial charge on any atom is 0.171 e. The maximum absolute atomic E-state index is 13.0. The van der Waals surface area contributed by atoms with Crippen molar-refractivity contribution in [1.29, 1.82) is 0 Å². The van der Waals surface area contributed by atoms with Crippen LogP contribution in [0.4, 0.5) is 0 Å². The van der Waals surface area contributed by atoms with Gasteiger partial charge in [0, 0.05) is 16.2 Å². The van der Waals surface area contributed by atoms with Gasteiger partial charge in [0.2, 0.25) is 0 Å². The summed E-state index contributed by atoms with van der Waals surface area (Å²) in [5.41, 5.74) is 3.21. The molecule has 2 aromatic carbocycles. The molecule has 2 atom stereocenters. The molecule has 1 aliphatic heterocycles. The molecule has 0 radical (unpaired) electrons. The van der Waals surface area contributed by atoms with Gasteiger partial charge in [-0.2, -0.15) is 0 Å². The average molecular weight is 310 g/mol. The van der Waals surface area contributed by atoms with Crippen LogP contribution in [0.1, 0.15) is 33.8 Å². The fourth-order valence-corrected chi connectivity index (χ4v) is 5.01. The number of fused-ring (bicyclic) bond motifs is 1. The molecule has 0 amide bonds. The van der Waals surface area contributed by atoms with Crippen molar-refractivity contribution < 1.29 is 9.53 Å². The molecule has 3 heteroatoms. The van der Waals surface area contributed by atoms with E-state index in [-0.39, 0.29) is 5.41 Å². The Bertz CT molecular complexity index is 751. The number of methoxy groups -OCH3 is 1. The number of carbonyl (C=O) groups excluding carboxylic acids is 1. The largest absolute Gasteiger partial charge is 0.497 e. The number of rotatable bonds is 2. The second-order valence-electron chi connectivity index (χ2n) is 6.26. The zero-order valence-corrected chi connectivity index (χ0v) is 13.6. The summed E-state index contributed by atoms with van der Waals surface area (Å²) in [4.78, 5) is 14.2. The molecule has 2 aromatic rings. The van der Waals surface area contributed by atoms with Gasteiger partial charge >= 0.3 is 0 Å². The van der Waals surface area contributed by atoms with Gasteiger partial charge in [0.1, 0.15) is 5.75 Å². The van der Waals surface area contributed by atoms with Crippen LogP contribution in [0.5, 0.6) is 5.75 Å². The molecular weight excluding hydrogens is 292 g/mol. The standard InChI is InChI=1S/C19H18O2S/c1-12-4-3-5-15-17(12)22-11-19(18(15)20)10-16(19)13-6-8-14(21-2)9-7-13/h3-9,16H,10-11H2,1-2H3. The minimum atomic E-state index is -0.181. The number of Topliss-reactive ketones (excluding diaryl/α,β-unsaturated/α-hetero) is 1. The molecule has 22 heavy (non-hydrogen) atoms. The highest BCUT2D eigenvalue weighted by molar-refractivity contribution is 7.99. The number of carbonyl (C=O) groups is 1. The van der Waals surface area contributed by atoms with Gasteiger partial charge in [-0.25, -0.2) is 0 Å². The minimum Gasteiger partial charge on any atom is -0.497 e. The molecule has 0 aromatic heterocycles. The normalized spacial score (nSPS) is 25.9. The van der Waals surface area contributed by atoms with Crippen molar-refractivity contribution >= 4 is 17.5 Å². The summed E-state index contributed by atoms with van der Waals surface area (Å²) in [6.45, 7) is 2.09. The SMILES string of the molecule is COc1ccc(C2CC23CSc2c(C)cccc2C3=O)cc1. The summed E-state index contributed by atoms with van der Waals surface area (Å²) in [7, 11) is 1.67. The van der Waals surface area contributed by atoms with Gasteiger partial charge in [0.15, 0.2) is 5.78 Å². The summed E-state index contributed by atoms with van der Waals surface area (Å²) in [5.74, 6) is 2.46. The zero-order valence-electron chi connectivity index (χ0n) is 12.8. The molecule has 0 saturated heterocycles. The van der Waals surface area contributed by atoms with Crippen molar-refractivity contribution in [3.8, 4) is 5.75 Å². The van der Waals surface area contributed by atoms with E-state index >= 15 is 0 Å². The quantitative estimate of drug-likeness (QED) is 0.819. The van der Waals surface area contributed by atoms with E-state index in [2.05, 4.69) is 25.1 Å². The number of thioether (sulfide) groups is 1. The van der Waals surface area contributed by atoms with Gasteiger partial charge in [0.05, 0.1) is 12.5 Å². The lowest BCUT2D eigenvalue weighted by molar-refractivity contribution is 0.0905. The first kappa shape index (κ1) is 13.9. The average Bonchev–Trinajstić information content (AvgIpc) is 3.27. The van der Waals surface area contributed by atoms with Gasteiger partial charge in [-0.15, -0.1) is 11.8 Å². The summed E-state index contributed by atoms with van der Waals surface area (Å²) in [5, 5.41) is 0. The van der Waals surface area contributed by atoms with Crippen LogP contribution in [-0.4, -0.2) is 18.6 Å². The topological polar surface area (TPSA) is 26.3 Å². The van der Waals surface area contributed by atoms with E-state index in [1.807, 2.05) is 36.0 Å². The van der Waals surface area contributed by atoms with E-state index in [1.165, 1.54) is 16.0 Å². The van der Waals surface area contributed by atoms with Crippen molar-refractivity contribution in [2.75, 3.05) is 12.9 Å². The first-order valence-electron chi connectivity index (χ1n) is 7.57. The molecule has 1 heterocycles. The van der Waals surface area contributed by atoms with Gasteiger partial charge in [0.25, 0.3) is 0 Å². The fraction of sp³-hybridized carbons (Fsp3) is 0.316. The number of ketones is 1. The predicted molar refractivity (Wildman–Crippen MR) is 89.0 cm³/mol. The first-order valence-corrected chi connectivity index (χ1v) is 8.55. The Morgan fingerprint density at radius 1 is 1.18 bits per heavy atom. The summed E-state index contributed by atoms with van der Waals surface area (Å²) in [6, 6.07) is 14.2. The summed E-state index contributed by atoms with van der Waals surface area (Å²) < 4.78 is 5.22. The molecule has 1 fully saturated rings. The Hall–Kier alpha value is -1.74. The third-order valence-corrected chi connectivity index (χ3v) is 6.47. The smallest absolute Gasteiger partial charge is 0.171 e. The minimum absolute atomic E-state index is 0.181. The van der Waals surface area contributed by atoms with Crippen molar-refractivity contribution in [3.05, 3.63) is 59.2 Å². The van der Waals surface area contributed by atoms with Crippen LogP contribution in [0.15, 0.2) is 47.4 Å². The zero-order chi connectivity index (χ0) is 15.3. The number of hydrogen-bond donors (Lipinski definition) is 0. The Morgan fingerprint density at radius 3 is 2.68 bits per heavy atom. The third-order valence-electron chi connectivity index (χ3n) is 4.98. The van der Waals surface area contributed by atoms with Crippen LogP contribution in [0.2, 0.25) is 0 Å². The highest BCUT2D eigenvalue weighted by Gasteiger charge is 2.61. The number of hydrogen-bond acceptors (Lipinski definition) is 3. The van der Waals surface area contributed by atoms with E-state index < -0.39 is 0 Å². The van der Waals surface area contributed by atoms with Crippen molar-refractivity contribution in [3.63, 3.8) is 0 Å². The molecule has 1 spiro atoms. The second kappa shape index (κ2) is 4.88. The highest BCUT2D eigenvalue weighted by atomic mass is 32.2. The predicted octanol–water partition coefficient (Wildman–Crippen LogP) is 4.47. The van der Waals surface area contributed by atoms with Crippen LogP contribution in [0.25, 0.3) is 0 Å². The molecule has 1 saturated carbocycles. The molecule has 0 N–H and O–H groups in total. The van der Waals surface area contributed by atoms with Gasteiger partial charge in [-0.1, -0.05) is 30.3 Å². The molecule has 2 nitrogen and oxygen atoms in total. The molecule has 0 bridgehead atoms. The van der Waals surface area contributed by atoms with E-state index in [0.717, 1.165) is 23.5 Å². The van der Waals surface area contributed by atoms with Crippen molar-refractivity contribution in [1.82, 2.24) is 0 Å². The number of benzene rings is 2. The van der Waals surface area contributed by atoms with E-state index in [0.29, 0.717) is 11.7 Å². The molecule has 2 aliphatic rings. The van der Waals surface area contributed by atoms with Crippen LogP contribution in [-0.2, 0) is 0 Å². The van der Waals surface area contributed by atoms with Crippen molar-refractivity contribution in [2.45, 2.75) is 24.2 Å². The molecule has 2 unspecified atom stereocenters. The summed E-state index contributed by atoms with van der Waals surface area (Å²) >= 11 is 1.85. The lowest BCUT2D eigenvalue weighted by Crippen LogP contribution is -2.25. The van der Waals surface area contributed by atoms with Gasteiger partial charge < -0.3 is 4.74 Å². The lowest BCUT2D eigenvalue weighted by Gasteiger charge is -2.25. The van der Waals surface area contributed by atoms with Crippen molar-refractivity contribution in [2.24, 2.45) is 5.41 Å². The fourth-order valence-electron chi connectivity index (χ4n) is 3.55. The van der Waals surface area contributed by atoms with Gasteiger partial charge in [-0.3, -0.25) is 4.79 Å². The maximum atomic E-state index is 13.0. The molecule has 4 rings (SSSR count). The lowest BCUT2D eigenvalue weighted by atomic mass is 9.90. The Balaban J connectivity index is 1.66. The number of aryl methyl sites for hydroxylation is 1. The van der Waals surface area contributed by atoms with Crippen LogP contribution in [0, 0.1) is 12.3 Å². The van der Waals surface area contributed by atoms with Crippen LogP contribution >= 0.6 is 11.8 Å². The Morgan fingerprint density at radius 2 is 1.95 bits per heavy atom. The summed E-state index contributed by atoms with van der Waals surface area (Å²) in [6.07, 6.45) is 0.971. The highest BCUT2D eigenvalue weighted by Crippen LogP contribution is 2.65. The second-order valence-corrected chi connectivity index (χ2v) is 7.24. The van der Waals surface area contributed by atoms with E-state index in [9.17, 15) is 4.79 Å². The molecule has 112 valence electrons. The monoisotopic (exact) mass is 310 g/mol. The first-order chi connectivity index (χ1) is 10.7. The number of ether oxygens (including phenoxy) is 1. The Kier molecular flexibility index (Phi) is 3.08. The third kappa shape index (κ3) is 1.92. The molecular formula is C19H18O2S. The molecule has 1 aliphatic carbocycles. The van der Waals surface area contributed by atoms with Crippen LogP contribution in [0.3, 0.4) is 0 Å².